The van der Waals surface area contributed by atoms with E-state index in [1.54, 1.807) is 0 Å². The van der Waals surface area contributed by atoms with Crippen LogP contribution in [0.25, 0.3) is 5.65 Å². The highest BCUT2D eigenvalue weighted by Crippen LogP contribution is 2.28. The third-order valence-electron chi connectivity index (χ3n) is 4.84. The number of halogens is 1. The number of hydrogen-bond donors (Lipinski definition) is 0. The molecule has 0 spiro atoms. The van der Waals surface area contributed by atoms with Gasteiger partial charge >= 0.3 is 0 Å². The van der Waals surface area contributed by atoms with Crippen LogP contribution in [0.15, 0.2) is 24.4 Å². The Morgan fingerprint density at radius 1 is 1.19 bits per heavy atom. The lowest BCUT2D eigenvalue weighted by atomic mass is 10.2. The SMILES string of the molecule is ClCc1c(N2CCCN3CCCC3C2)nc2ccccn12. The molecule has 2 saturated heterocycles. The Morgan fingerprint density at radius 3 is 3.00 bits per heavy atom. The van der Waals surface area contributed by atoms with Gasteiger partial charge in [0, 0.05) is 31.9 Å². The van der Waals surface area contributed by atoms with E-state index in [-0.39, 0.29) is 0 Å². The summed E-state index contributed by atoms with van der Waals surface area (Å²) in [5.41, 5.74) is 2.12. The first-order chi connectivity index (χ1) is 10.4. The summed E-state index contributed by atoms with van der Waals surface area (Å²) in [5, 5.41) is 0. The molecule has 2 aliphatic rings. The summed E-state index contributed by atoms with van der Waals surface area (Å²) < 4.78 is 2.12. The van der Waals surface area contributed by atoms with Gasteiger partial charge in [0.25, 0.3) is 0 Å². The fraction of sp³-hybridized carbons (Fsp3) is 0.562. The maximum Gasteiger partial charge on any atom is 0.152 e. The topological polar surface area (TPSA) is 23.8 Å². The van der Waals surface area contributed by atoms with Crippen LogP contribution >= 0.6 is 11.6 Å². The predicted octanol–water partition coefficient (Wildman–Crippen LogP) is 2.75. The summed E-state index contributed by atoms with van der Waals surface area (Å²) in [7, 11) is 0. The number of fused-ring (bicyclic) bond motifs is 2. The van der Waals surface area contributed by atoms with Crippen LogP contribution in [0.1, 0.15) is 25.0 Å². The molecule has 4 rings (SSSR count). The normalized spacial score (nSPS) is 23.5. The molecule has 2 aromatic heterocycles. The van der Waals surface area contributed by atoms with E-state index in [4.69, 9.17) is 16.6 Å². The zero-order valence-electron chi connectivity index (χ0n) is 12.2. The molecule has 21 heavy (non-hydrogen) atoms. The van der Waals surface area contributed by atoms with E-state index in [1.165, 1.54) is 32.4 Å². The smallest absolute Gasteiger partial charge is 0.152 e. The molecular formula is C16H21ClN4. The van der Waals surface area contributed by atoms with Crippen LogP contribution in [0.2, 0.25) is 0 Å². The summed E-state index contributed by atoms with van der Waals surface area (Å²) in [6, 6.07) is 6.82. The third kappa shape index (κ3) is 2.30. The van der Waals surface area contributed by atoms with Crippen molar-refractivity contribution in [3.05, 3.63) is 30.1 Å². The third-order valence-corrected chi connectivity index (χ3v) is 5.09. The van der Waals surface area contributed by atoms with Crippen molar-refractivity contribution in [3.8, 4) is 0 Å². The quantitative estimate of drug-likeness (QED) is 0.797. The summed E-state index contributed by atoms with van der Waals surface area (Å²) >= 11 is 6.23. The number of hydrogen-bond acceptors (Lipinski definition) is 3. The van der Waals surface area contributed by atoms with Gasteiger partial charge in [-0.25, -0.2) is 4.98 Å². The van der Waals surface area contributed by atoms with Crippen LogP contribution in [0, 0.1) is 0 Å². The second-order valence-corrected chi connectivity index (χ2v) is 6.34. The maximum atomic E-state index is 6.23. The van der Waals surface area contributed by atoms with Crippen LogP contribution in [0.4, 0.5) is 5.82 Å². The molecule has 1 unspecified atom stereocenters. The molecule has 0 aliphatic carbocycles. The maximum absolute atomic E-state index is 6.23. The van der Waals surface area contributed by atoms with E-state index in [1.807, 2.05) is 12.1 Å². The van der Waals surface area contributed by atoms with Gasteiger partial charge in [0.05, 0.1) is 11.6 Å². The van der Waals surface area contributed by atoms with Gasteiger partial charge < -0.3 is 9.30 Å². The molecular weight excluding hydrogens is 284 g/mol. The predicted molar refractivity (Wildman–Crippen MR) is 86.2 cm³/mol. The summed E-state index contributed by atoms with van der Waals surface area (Å²) in [6.07, 6.45) is 5.93. The lowest BCUT2D eigenvalue weighted by Crippen LogP contribution is -2.37. The molecule has 0 N–H and O–H groups in total. The minimum atomic E-state index is 0.505. The Hall–Kier alpha value is -1.26. The average Bonchev–Trinajstić information content (AvgIpc) is 3.05. The van der Waals surface area contributed by atoms with Crippen molar-refractivity contribution >= 4 is 23.1 Å². The molecule has 1 atom stereocenters. The van der Waals surface area contributed by atoms with Gasteiger partial charge in [-0.2, -0.15) is 0 Å². The van der Waals surface area contributed by atoms with Crippen LogP contribution in [-0.2, 0) is 5.88 Å². The monoisotopic (exact) mass is 304 g/mol. The first-order valence-corrected chi connectivity index (χ1v) is 8.41. The Labute approximate surface area is 130 Å². The molecule has 0 radical (unpaired) electrons. The fourth-order valence-electron chi connectivity index (χ4n) is 3.81. The van der Waals surface area contributed by atoms with Gasteiger partial charge in [-0.1, -0.05) is 6.07 Å². The van der Waals surface area contributed by atoms with Gasteiger partial charge in [0.2, 0.25) is 0 Å². The largest absolute Gasteiger partial charge is 0.353 e. The van der Waals surface area contributed by atoms with Crippen molar-refractivity contribution in [2.24, 2.45) is 0 Å². The zero-order chi connectivity index (χ0) is 14.2. The molecule has 0 amide bonds. The van der Waals surface area contributed by atoms with E-state index in [0.717, 1.165) is 30.2 Å². The van der Waals surface area contributed by atoms with Crippen molar-refractivity contribution < 1.29 is 0 Å². The van der Waals surface area contributed by atoms with Crippen LogP contribution < -0.4 is 4.90 Å². The van der Waals surface area contributed by atoms with Crippen LogP contribution in [-0.4, -0.2) is 46.5 Å². The Balaban J connectivity index is 1.71. The van der Waals surface area contributed by atoms with Gasteiger partial charge in [0.1, 0.15) is 5.65 Å². The van der Waals surface area contributed by atoms with Crippen LogP contribution in [0.3, 0.4) is 0 Å². The lowest BCUT2D eigenvalue weighted by Gasteiger charge is -2.26. The summed E-state index contributed by atoms with van der Waals surface area (Å²) in [4.78, 5) is 9.96. The molecule has 0 saturated carbocycles. The molecule has 5 heteroatoms. The molecule has 4 heterocycles. The van der Waals surface area contributed by atoms with Gasteiger partial charge in [-0.15, -0.1) is 11.6 Å². The molecule has 0 bridgehead atoms. The van der Waals surface area contributed by atoms with E-state index < -0.39 is 0 Å². The highest BCUT2D eigenvalue weighted by Gasteiger charge is 2.30. The minimum Gasteiger partial charge on any atom is -0.353 e. The summed E-state index contributed by atoms with van der Waals surface area (Å²) in [5.74, 6) is 1.59. The molecule has 2 fully saturated rings. The average molecular weight is 305 g/mol. The molecule has 2 aliphatic heterocycles. The van der Waals surface area contributed by atoms with Crippen molar-refractivity contribution in [1.82, 2.24) is 14.3 Å². The zero-order valence-corrected chi connectivity index (χ0v) is 13.0. The number of aromatic nitrogens is 2. The first-order valence-electron chi connectivity index (χ1n) is 7.88. The Kier molecular flexibility index (Phi) is 3.51. The molecule has 4 nitrogen and oxygen atoms in total. The van der Waals surface area contributed by atoms with E-state index in [9.17, 15) is 0 Å². The number of alkyl halides is 1. The number of anilines is 1. The lowest BCUT2D eigenvalue weighted by molar-refractivity contribution is 0.273. The second-order valence-electron chi connectivity index (χ2n) is 6.08. The first kappa shape index (κ1) is 13.4. The van der Waals surface area contributed by atoms with Gasteiger partial charge in [0.15, 0.2) is 5.82 Å². The molecule has 0 aromatic carbocycles. The van der Waals surface area contributed by atoms with E-state index >= 15 is 0 Å². The van der Waals surface area contributed by atoms with E-state index in [2.05, 4.69) is 26.5 Å². The number of pyridine rings is 1. The van der Waals surface area contributed by atoms with Gasteiger partial charge in [-0.3, -0.25) is 4.90 Å². The fourth-order valence-corrected chi connectivity index (χ4v) is 4.06. The Morgan fingerprint density at radius 2 is 2.10 bits per heavy atom. The number of nitrogens with zero attached hydrogens (tertiary/aromatic N) is 4. The van der Waals surface area contributed by atoms with Gasteiger partial charge in [-0.05, 0) is 37.9 Å². The number of rotatable bonds is 2. The van der Waals surface area contributed by atoms with Crippen molar-refractivity contribution in [1.29, 1.82) is 0 Å². The number of imidazole rings is 1. The van der Waals surface area contributed by atoms with Crippen molar-refractivity contribution in [3.63, 3.8) is 0 Å². The van der Waals surface area contributed by atoms with Crippen molar-refractivity contribution in [2.75, 3.05) is 31.1 Å². The van der Waals surface area contributed by atoms with E-state index in [0.29, 0.717) is 11.9 Å². The van der Waals surface area contributed by atoms with Crippen molar-refractivity contribution in [2.45, 2.75) is 31.2 Å². The molecule has 112 valence electrons. The Bertz CT molecular complexity index is 638. The highest BCUT2D eigenvalue weighted by atomic mass is 35.5. The second kappa shape index (κ2) is 5.50. The summed E-state index contributed by atoms with van der Waals surface area (Å²) in [6.45, 7) is 4.67. The van der Waals surface area contributed by atoms with Crippen LogP contribution in [0.5, 0.6) is 0 Å². The standard InChI is InChI=1S/C16H21ClN4/c17-11-14-16(18-15-6-1-2-10-21(14)15)20-9-4-8-19-7-3-5-13(19)12-20/h1-2,6,10,13H,3-5,7-9,11-12H2. The molecule has 2 aromatic rings. The minimum absolute atomic E-state index is 0.505. The highest BCUT2D eigenvalue weighted by molar-refractivity contribution is 6.17.